The number of aldehydes is 1. The van der Waals surface area contributed by atoms with Crippen LogP contribution in [-0.4, -0.2) is 37.4 Å². The molecule has 0 heterocycles. The van der Waals surface area contributed by atoms with Crippen LogP contribution in [0.5, 0.6) is 5.75 Å². The van der Waals surface area contributed by atoms with Gasteiger partial charge in [0, 0.05) is 12.1 Å². The highest BCUT2D eigenvalue weighted by Crippen LogP contribution is 2.11. The monoisotopic (exact) mass is 293 g/mol. The van der Waals surface area contributed by atoms with Crippen LogP contribution in [-0.2, 0) is 14.3 Å². The molecular formula is C15H19NO5. The SMILES string of the molecule is CCCNC(=O)[C@H](C)OC(=O)COc1ccc(C=O)cc1. The minimum atomic E-state index is -0.856. The predicted molar refractivity (Wildman–Crippen MR) is 76.2 cm³/mol. The summed E-state index contributed by atoms with van der Waals surface area (Å²) in [4.78, 5) is 33.6. The molecule has 0 aliphatic carbocycles. The van der Waals surface area contributed by atoms with E-state index in [1.54, 1.807) is 24.3 Å². The predicted octanol–water partition coefficient (Wildman–Crippen LogP) is 1.34. The zero-order valence-electron chi connectivity index (χ0n) is 12.1. The van der Waals surface area contributed by atoms with Crippen LogP contribution in [0, 0.1) is 0 Å². The Kier molecular flexibility index (Phi) is 6.94. The van der Waals surface area contributed by atoms with Gasteiger partial charge in [0.2, 0.25) is 0 Å². The highest BCUT2D eigenvalue weighted by Gasteiger charge is 2.17. The minimum Gasteiger partial charge on any atom is -0.482 e. The summed E-state index contributed by atoms with van der Waals surface area (Å²) >= 11 is 0. The van der Waals surface area contributed by atoms with E-state index >= 15 is 0 Å². The number of rotatable bonds is 8. The Morgan fingerprint density at radius 1 is 1.29 bits per heavy atom. The van der Waals surface area contributed by atoms with Gasteiger partial charge in [-0.15, -0.1) is 0 Å². The van der Waals surface area contributed by atoms with Crippen molar-refractivity contribution in [3.63, 3.8) is 0 Å². The van der Waals surface area contributed by atoms with Gasteiger partial charge in [0.15, 0.2) is 12.7 Å². The van der Waals surface area contributed by atoms with Crippen LogP contribution in [0.3, 0.4) is 0 Å². The number of hydrogen-bond donors (Lipinski definition) is 1. The van der Waals surface area contributed by atoms with Gasteiger partial charge in [-0.05, 0) is 37.6 Å². The molecule has 0 fully saturated rings. The number of hydrogen-bond acceptors (Lipinski definition) is 5. The second-order valence-corrected chi connectivity index (χ2v) is 4.40. The number of nitrogens with one attached hydrogen (secondary N) is 1. The van der Waals surface area contributed by atoms with Gasteiger partial charge in [-0.3, -0.25) is 9.59 Å². The van der Waals surface area contributed by atoms with Crippen LogP contribution in [0.25, 0.3) is 0 Å². The highest BCUT2D eigenvalue weighted by molar-refractivity contribution is 5.83. The smallest absolute Gasteiger partial charge is 0.344 e. The van der Waals surface area contributed by atoms with Crippen molar-refractivity contribution < 1.29 is 23.9 Å². The first-order chi connectivity index (χ1) is 10.1. The number of ether oxygens (including phenoxy) is 2. The molecule has 1 N–H and O–H groups in total. The molecule has 0 radical (unpaired) electrons. The van der Waals surface area contributed by atoms with Gasteiger partial charge in [0.25, 0.3) is 5.91 Å². The van der Waals surface area contributed by atoms with E-state index in [9.17, 15) is 14.4 Å². The third-order valence-electron chi connectivity index (χ3n) is 2.60. The lowest BCUT2D eigenvalue weighted by Crippen LogP contribution is -2.37. The van der Waals surface area contributed by atoms with Crippen LogP contribution >= 0.6 is 0 Å². The largest absolute Gasteiger partial charge is 0.482 e. The van der Waals surface area contributed by atoms with Crippen LogP contribution in [0.1, 0.15) is 30.6 Å². The summed E-state index contributed by atoms with van der Waals surface area (Å²) in [6, 6.07) is 6.31. The van der Waals surface area contributed by atoms with Gasteiger partial charge in [-0.2, -0.15) is 0 Å². The molecule has 1 rings (SSSR count). The van der Waals surface area contributed by atoms with Gasteiger partial charge >= 0.3 is 5.97 Å². The van der Waals surface area contributed by atoms with E-state index in [2.05, 4.69) is 5.32 Å². The van der Waals surface area contributed by atoms with E-state index in [4.69, 9.17) is 9.47 Å². The van der Waals surface area contributed by atoms with Crippen LogP contribution in [0.15, 0.2) is 24.3 Å². The van der Waals surface area contributed by atoms with Crippen molar-refractivity contribution in [2.24, 2.45) is 0 Å². The van der Waals surface area contributed by atoms with E-state index < -0.39 is 12.1 Å². The molecule has 0 aromatic heterocycles. The Hall–Kier alpha value is -2.37. The molecule has 0 aliphatic rings. The van der Waals surface area contributed by atoms with Gasteiger partial charge in [-0.25, -0.2) is 4.79 Å². The van der Waals surface area contributed by atoms with Gasteiger partial charge < -0.3 is 14.8 Å². The maximum Gasteiger partial charge on any atom is 0.344 e. The molecule has 0 saturated carbocycles. The molecule has 21 heavy (non-hydrogen) atoms. The molecule has 0 aliphatic heterocycles. The number of amides is 1. The third kappa shape index (κ3) is 6.07. The average molecular weight is 293 g/mol. The molecule has 0 saturated heterocycles. The first-order valence-corrected chi connectivity index (χ1v) is 6.72. The summed E-state index contributed by atoms with van der Waals surface area (Å²) in [5.74, 6) is -0.519. The Morgan fingerprint density at radius 2 is 1.95 bits per heavy atom. The summed E-state index contributed by atoms with van der Waals surface area (Å²) in [5, 5.41) is 2.63. The maximum absolute atomic E-state index is 11.5. The quantitative estimate of drug-likeness (QED) is 0.577. The number of esters is 1. The van der Waals surface area contributed by atoms with Gasteiger partial charge in [-0.1, -0.05) is 6.92 Å². The van der Waals surface area contributed by atoms with E-state index in [1.807, 2.05) is 6.92 Å². The van der Waals surface area contributed by atoms with Gasteiger partial charge in [0.05, 0.1) is 0 Å². The molecular weight excluding hydrogens is 274 g/mol. The van der Waals surface area contributed by atoms with Crippen LogP contribution in [0.2, 0.25) is 0 Å². The molecule has 0 spiro atoms. The van der Waals surface area contributed by atoms with Crippen molar-refractivity contribution in [1.29, 1.82) is 0 Å². The molecule has 114 valence electrons. The fourth-order valence-electron chi connectivity index (χ4n) is 1.46. The first-order valence-electron chi connectivity index (χ1n) is 6.72. The Bertz CT molecular complexity index is 483. The summed E-state index contributed by atoms with van der Waals surface area (Å²) in [5.41, 5.74) is 0.520. The van der Waals surface area contributed by atoms with Crippen molar-refractivity contribution in [1.82, 2.24) is 5.32 Å². The Balaban J connectivity index is 2.35. The second-order valence-electron chi connectivity index (χ2n) is 4.40. The number of carbonyl (C=O) groups excluding carboxylic acids is 3. The summed E-state index contributed by atoms with van der Waals surface area (Å²) in [6.45, 7) is 3.68. The summed E-state index contributed by atoms with van der Waals surface area (Å²) in [7, 11) is 0. The van der Waals surface area contributed by atoms with Crippen molar-refractivity contribution >= 4 is 18.2 Å². The summed E-state index contributed by atoms with van der Waals surface area (Å²) < 4.78 is 10.2. The van der Waals surface area contributed by atoms with E-state index in [1.165, 1.54) is 6.92 Å². The Morgan fingerprint density at radius 3 is 2.52 bits per heavy atom. The van der Waals surface area contributed by atoms with E-state index in [0.29, 0.717) is 24.1 Å². The number of benzene rings is 1. The van der Waals surface area contributed by atoms with E-state index in [-0.39, 0.29) is 12.5 Å². The minimum absolute atomic E-state index is 0.300. The zero-order valence-corrected chi connectivity index (χ0v) is 12.1. The number of carbonyl (C=O) groups is 3. The maximum atomic E-state index is 11.5. The highest BCUT2D eigenvalue weighted by atomic mass is 16.6. The average Bonchev–Trinajstić information content (AvgIpc) is 2.50. The van der Waals surface area contributed by atoms with Crippen molar-refractivity contribution in [2.45, 2.75) is 26.4 Å². The van der Waals surface area contributed by atoms with E-state index in [0.717, 1.165) is 6.42 Å². The lowest BCUT2D eigenvalue weighted by atomic mass is 10.2. The zero-order chi connectivity index (χ0) is 15.7. The molecule has 6 heteroatoms. The molecule has 1 atom stereocenters. The van der Waals surface area contributed by atoms with Crippen molar-refractivity contribution in [3.8, 4) is 5.75 Å². The summed E-state index contributed by atoms with van der Waals surface area (Å²) in [6.07, 6.45) is 0.672. The van der Waals surface area contributed by atoms with Crippen molar-refractivity contribution in [2.75, 3.05) is 13.2 Å². The lowest BCUT2D eigenvalue weighted by Gasteiger charge is -2.13. The third-order valence-corrected chi connectivity index (χ3v) is 2.60. The Labute approximate surface area is 123 Å². The normalized spacial score (nSPS) is 11.3. The van der Waals surface area contributed by atoms with Crippen LogP contribution < -0.4 is 10.1 Å². The van der Waals surface area contributed by atoms with Gasteiger partial charge in [0.1, 0.15) is 12.0 Å². The first kappa shape index (κ1) is 16.7. The molecule has 0 bridgehead atoms. The van der Waals surface area contributed by atoms with Crippen LogP contribution in [0.4, 0.5) is 0 Å². The molecule has 1 aromatic rings. The molecule has 1 amide bonds. The standard InChI is InChI=1S/C15H19NO5/c1-3-8-16-15(19)11(2)21-14(18)10-20-13-6-4-12(9-17)5-7-13/h4-7,9,11H,3,8,10H2,1-2H3,(H,16,19)/t11-/m0/s1. The molecule has 6 nitrogen and oxygen atoms in total. The fraction of sp³-hybridized carbons (Fsp3) is 0.400. The molecule has 0 unspecified atom stereocenters. The fourth-order valence-corrected chi connectivity index (χ4v) is 1.46. The lowest BCUT2D eigenvalue weighted by molar-refractivity contribution is -0.156. The second kappa shape index (κ2) is 8.73. The van der Waals surface area contributed by atoms with Crippen molar-refractivity contribution in [3.05, 3.63) is 29.8 Å². The topological polar surface area (TPSA) is 81.7 Å². The molecule has 1 aromatic carbocycles.